The average molecular weight is 218 g/mol. The third kappa shape index (κ3) is 4.89. The Labute approximate surface area is 91.8 Å². The predicted octanol–water partition coefficient (Wildman–Crippen LogP) is 3.11. The summed E-state index contributed by atoms with van der Waals surface area (Å²) in [5.41, 5.74) is 0. The number of thioether (sulfide) groups is 1. The number of ether oxygens (including phenoxy) is 1. The van der Waals surface area contributed by atoms with Crippen molar-refractivity contribution in [1.82, 2.24) is 0 Å². The van der Waals surface area contributed by atoms with Crippen molar-refractivity contribution in [1.29, 1.82) is 0 Å². The van der Waals surface area contributed by atoms with Crippen LogP contribution in [0.1, 0.15) is 41.0 Å². The van der Waals surface area contributed by atoms with Gasteiger partial charge in [0.1, 0.15) is 5.25 Å². The highest BCUT2D eigenvalue weighted by Gasteiger charge is 2.22. The highest BCUT2D eigenvalue weighted by atomic mass is 32.2. The van der Waals surface area contributed by atoms with Crippen LogP contribution in [0.3, 0.4) is 0 Å². The maximum Gasteiger partial charge on any atom is 0.319 e. The van der Waals surface area contributed by atoms with Gasteiger partial charge in [-0.3, -0.25) is 4.79 Å². The molecule has 0 aromatic rings. The summed E-state index contributed by atoms with van der Waals surface area (Å²) in [4.78, 5) is 11.5. The van der Waals surface area contributed by atoms with Crippen molar-refractivity contribution in [2.24, 2.45) is 5.92 Å². The molecule has 0 bridgehead atoms. The van der Waals surface area contributed by atoms with Crippen LogP contribution in [0.5, 0.6) is 0 Å². The topological polar surface area (TPSA) is 26.3 Å². The van der Waals surface area contributed by atoms with Gasteiger partial charge in [-0.1, -0.05) is 27.7 Å². The lowest BCUT2D eigenvalue weighted by Gasteiger charge is -2.20. The summed E-state index contributed by atoms with van der Waals surface area (Å²) in [6, 6.07) is 0. The molecule has 2 nitrogen and oxygen atoms in total. The zero-order valence-electron chi connectivity index (χ0n) is 9.87. The van der Waals surface area contributed by atoms with Crippen molar-refractivity contribution >= 4 is 17.7 Å². The molecule has 0 aliphatic heterocycles. The maximum atomic E-state index is 11.5. The predicted molar refractivity (Wildman–Crippen MR) is 62.6 cm³/mol. The van der Waals surface area contributed by atoms with Gasteiger partial charge in [0, 0.05) is 5.25 Å². The van der Waals surface area contributed by atoms with Gasteiger partial charge in [-0.25, -0.2) is 0 Å². The standard InChI is InChI=1S/C11H22O2S/c1-6-10(11(12)13-7-2)14-9(5)8(3)4/h8-10H,6-7H2,1-5H3. The van der Waals surface area contributed by atoms with Gasteiger partial charge in [0.25, 0.3) is 0 Å². The Bertz CT molecular complexity index is 169. The lowest BCUT2D eigenvalue weighted by Crippen LogP contribution is -2.23. The van der Waals surface area contributed by atoms with Gasteiger partial charge in [0.05, 0.1) is 6.61 Å². The van der Waals surface area contributed by atoms with E-state index >= 15 is 0 Å². The van der Waals surface area contributed by atoms with Crippen LogP contribution in [0.2, 0.25) is 0 Å². The SMILES string of the molecule is CCOC(=O)C(CC)SC(C)C(C)C. The lowest BCUT2D eigenvalue weighted by atomic mass is 10.2. The Morgan fingerprint density at radius 2 is 1.86 bits per heavy atom. The first kappa shape index (κ1) is 13.8. The second kappa shape index (κ2) is 7.16. The summed E-state index contributed by atoms with van der Waals surface area (Å²) in [6.07, 6.45) is 0.848. The molecule has 0 rings (SSSR count). The quantitative estimate of drug-likeness (QED) is 0.641. The molecule has 0 radical (unpaired) electrons. The van der Waals surface area contributed by atoms with Crippen molar-refractivity contribution in [2.75, 3.05) is 6.61 Å². The summed E-state index contributed by atoms with van der Waals surface area (Å²) in [6.45, 7) is 10.9. The third-order valence-electron chi connectivity index (χ3n) is 2.24. The van der Waals surface area contributed by atoms with Gasteiger partial charge in [-0.15, -0.1) is 11.8 Å². The van der Waals surface area contributed by atoms with E-state index in [9.17, 15) is 4.79 Å². The number of rotatable bonds is 6. The Morgan fingerprint density at radius 1 is 1.29 bits per heavy atom. The fourth-order valence-electron chi connectivity index (χ4n) is 0.970. The van der Waals surface area contributed by atoms with Crippen LogP contribution in [0.15, 0.2) is 0 Å². The molecule has 0 saturated heterocycles. The molecule has 0 aromatic carbocycles. The van der Waals surface area contributed by atoms with Crippen LogP contribution >= 0.6 is 11.8 Å². The first-order valence-corrected chi connectivity index (χ1v) is 6.29. The van der Waals surface area contributed by atoms with E-state index in [-0.39, 0.29) is 11.2 Å². The van der Waals surface area contributed by atoms with E-state index in [1.807, 2.05) is 13.8 Å². The Kier molecular flexibility index (Phi) is 7.06. The monoisotopic (exact) mass is 218 g/mol. The fraction of sp³-hybridized carbons (Fsp3) is 0.909. The first-order valence-electron chi connectivity index (χ1n) is 5.34. The Morgan fingerprint density at radius 3 is 2.21 bits per heavy atom. The second-order valence-corrected chi connectivity index (χ2v) is 5.32. The molecule has 14 heavy (non-hydrogen) atoms. The molecule has 0 saturated carbocycles. The summed E-state index contributed by atoms with van der Waals surface area (Å²) >= 11 is 1.73. The summed E-state index contributed by atoms with van der Waals surface area (Å²) in [7, 11) is 0. The lowest BCUT2D eigenvalue weighted by molar-refractivity contribution is -0.142. The smallest absolute Gasteiger partial charge is 0.319 e. The van der Waals surface area contributed by atoms with Gasteiger partial charge in [-0.05, 0) is 19.3 Å². The van der Waals surface area contributed by atoms with E-state index in [2.05, 4.69) is 20.8 Å². The minimum Gasteiger partial charge on any atom is -0.465 e. The Hall–Kier alpha value is -0.180. The highest BCUT2D eigenvalue weighted by Crippen LogP contribution is 2.26. The largest absolute Gasteiger partial charge is 0.465 e. The molecule has 2 atom stereocenters. The van der Waals surface area contributed by atoms with Gasteiger partial charge >= 0.3 is 5.97 Å². The summed E-state index contributed by atoms with van der Waals surface area (Å²) in [5.74, 6) is 0.538. The van der Waals surface area contributed by atoms with E-state index in [0.29, 0.717) is 17.8 Å². The number of carbonyl (C=O) groups excluding carboxylic acids is 1. The molecule has 3 heteroatoms. The molecular formula is C11H22O2S. The highest BCUT2D eigenvalue weighted by molar-refractivity contribution is 8.01. The molecule has 0 fully saturated rings. The van der Waals surface area contributed by atoms with Gasteiger partial charge in [0.2, 0.25) is 0 Å². The minimum absolute atomic E-state index is 0.00681. The molecule has 0 N–H and O–H groups in total. The molecule has 2 unspecified atom stereocenters. The van der Waals surface area contributed by atoms with Crippen LogP contribution in [0.25, 0.3) is 0 Å². The van der Waals surface area contributed by atoms with E-state index < -0.39 is 0 Å². The van der Waals surface area contributed by atoms with Crippen molar-refractivity contribution < 1.29 is 9.53 Å². The molecule has 0 aliphatic carbocycles. The first-order chi connectivity index (χ1) is 6.52. The van der Waals surface area contributed by atoms with Crippen molar-refractivity contribution in [3.63, 3.8) is 0 Å². The van der Waals surface area contributed by atoms with Gasteiger partial charge in [-0.2, -0.15) is 0 Å². The maximum absolute atomic E-state index is 11.5. The van der Waals surface area contributed by atoms with Crippen LogP contribution in [-0.2, 0) is 9.53 Å². The molecular weight excluding hydrogens is 196 g/mol. The minimum atomic E-state index is -0.0625. The molecule has 0 amide bonds. The van der Waals surface area contributed by atoms with Crippen LogP contribution in [0.4, 0.5) is 0 Å². The molecule has 0 aromatic heterocycles. The van der Waals surface area contributed by atoms with E-state index in [0.717, 1.165) is 6.42 Å². The Balaban J connectivity index is 4.07. The van der Waals surface area contributed by atoms with E-state index in [1.165, 1.54) is 0 Å². The number of hydrogen-bond donors (Lipinski definition) is 0. The third-order valence-corrected chi connectivity index (χ3v) is 4.07. The molecule has 84 valence electrons. The van der Waals surface area contributed by atoms with Crippen molar-refractivity contribution in [3.8, 4) is 0 Å². The van der Waals surface area contributed by atoms with Crippen LogP contribution in [-0.4, -0.2) is 23.1 Å². The second-order valence-electron chi connectivity index (χ2n) is 3.73. The zero-order chi connectivity index (χ0) is 11.1. The molecule has 0 spiro atoms. The van der Waals surface area contributed by atoms with Gasteiger partial charge in [0.15, 0.2) is 0 Å². The van der Waals surface area contributed by atoms with E-state index in [4.69, 9.17) is 4.74 Å². The van der Waals surface area contributed by atoms with Gasteiger partial charge < -0.3 is 4.74 Å². The molecule has 0 heterocycles. The van der Waals surface area contributed by atoms with E-state index in [1.54, 1.807) is 11.8 Å². The zero-order valence-corrected chi connectivity index (χ0v) is 10.7. The fourth-order valence-corrected chi connectivity index (χ4v) is 2.17. The summed E-state index contributed by atoms with van der Waals surface area (Å²) < 4.78 is 5.02. The van der Waals surface area contributed by atoms with Crippen molar-refractivity contribution in [3.05, 3.63) is 0 Å². The summed E-state index contributed by atoms with van der Waals surface area (Å²) in [5, 5.41) is 0.511. The van der Waals surface area contributed by atoms with Crippen LogP contribution in [0, 0.1) is 5.92 Å². The van der Waals surface area contributed by atoms with Crippen molar-refractivity contribution in [2.45, 2.75) is 51.5 Å². The average Bonchev–Trinajstić information content (AvgIpc) is 2.13. The number of hydrogen-bond acceptors (Lipinski definition) is 3. The number of carbonyl (C=O) groups is 1. The number of esters is 1. The normalized spacial score (nSPS) is 15.3. The van der Waals surface area contributed by atoms with Crippen LogP contribution < -0.4 is 0 Å². The molecule has 0 aliphatic rings.